The second-order valence-corrected chi connectivity index (χ2v) is 7.34. The predicted molar refractivity (Wildman–Crippen MR) is 115 cm³/mol. The van der Waals surface area contributed by atoms with Crippen molar-refractivity contribution in [2.45, 2.75) is 20.4 Å². The van der Waals surface area contributed by atoms with Crippen molar-refractivity contribution < 1.29 is 19.5 Å². The molecule has 4 amide bonds. The van der Waals surface area contributed by atoms with Crippen LogP contribution in [0.3, 0.4) is 0 Å². The SMILES string of the molecule is Cc1cc(/C=C2\C(=O)NC(=O)N(Cc3ccccc3)C2=O)c(C)n1-c1ccccc1O. The molecule has 2 aromatic carbocycles. The summed E-state index contributed by atoms with van der Waals surface area (Å²) in [5.41, 5.74) is 3.48. The van der Waals surface area contributed by atoms with Crippen molar-refractivity contribution >= 4 is 23.9 Å². The normalized spacial score (nSPS) is 15.5. The van der Waals surface area contributed by atoms with Crippen LogP contribution >= 0.6 is 0 Å². The number of hydrogen-bond acceptors (Lipinski definition) is 4. The minimum Gasteiger partial charge on any atom is -0.506 e. The van der Waals surface area contributed by atoms with Crippen LogP contribution in [0.15, 0.2) is 66.2 Å². The Kier molecular flexibility index (Phi) is 5.17. The average molecular weight is 415 g/mol. The zero-order valence-corrected chi connectivity index (χ0v) is 17.1. The molecule has 0 aliphatic carbocycles. The average Bonchev–Trinajstić information content (AvgIpc) is 3.02. The summed E-state index contributed by atoms with van der Waals surface area (Å²) in [6.45, 7) is 3.77. The topological polar surface area (TPSA) is 91.6 Å². The monoisotopic (exact) mass is 415 g/mol. The molecule has 1 aliphatic rings. The third kappa shape index (κ3) is 3.73. The molecule has 1 aromatic heterocycles. The number of aromatic hydroxyl groups is 1. The summed E-state index contributed by atoms with van der Waals surface area (Å²) >= 11 is 0. The lowest BCUT2D eigenvalue weighted by molar-refractivity contribution is -0.130. The fraction of sp³-hybridized carbons (Fsp3) is 0.125. The number of aromatic nitrogens is 1. The number of para-hydroxylation sites is 2. The molecule has 7 heteroatoms. The van der Waals surface area contributed by atoms with Crippen molar-refractivity contribution in [2.24, 2.45) is 0 Å². The summed E-state index contributed by atoms with van der Waals surface area (Å²) in [5.74, 6) is -1.26. The van der Waals surface area contributed by atoms with Crippen LogP contribution in [-0.4, -0.2) is 32.4 Å². The minimum absolute atomic E-state index is 0.0625. The van der Waals surface area contributed by atoms with Crippen molar-refractivity contribution in [2.75, 3.05) is 0 Å². The second kappa shape index (κ2) is 7.95. The lowest BCUT2D eigenvalue weighted by atomic mass is 10.1. The van der Waals surface area contributed by atoms with Gasteiger partial charge in [-0.05, 0) is 49.2 Å². The van der Waals surface area contributed by atoms with Crippen LogP contribution in [0.25, 0.3) is 11.8 Å². The van der Waals surface area contributed by atoms with Gasteiger partial charge in [-0.25, -0.2) is 4.79 Å². The lowest BCUT2D eigenvalue weighted by Gasteiger charge is -2.26. The number of rotatable bonds is 4. The lowest BCUT2D eigenvalue weighted by Crippen LogP contribution is -2.53. The highest BCUT2D eigenvalue weighted by molar-refractivity contribution is 6.31. The number of imide groups is 2. The fourth-order valence-corrected chi connectivity index (χ4v) is 3.72. The number of nitrogens with one attached hydrogen (secondary N) is 1. The van der Waals surface area contributed by atoms with E-state index in [1.807, 2.05) is 48.7 Å². The third-order valence-electron chi connectivity index (χ3n) is 5.26. The number of amides is 4. The molecule has 2 heterocycles. The molecule has 31 heavy (non-hydrogen) atoms. The highest BCUT2D eigenvalue weighted by atomic mass is 16.3. The number of barbiturate groups is 1. The number of phenolic OH excluding ortho intramolecular Hbond substituents is 1. The molecule has 2 N–H and O–H groups in total. The Morgan fingerprint density at radius 2 is 1.65 bits per heavy atom. The molecule has 4 rings (SSSR count). The summed E-state index contributed by atoms with van der Waals surface area (Å²) in [7, 11) is 0. The van der Waals surface area contributed by atoms with Crippen molar-refractivity contribution in [1.29, 1.82) is 0 Å². The zero-order chi connectivity index (χ0) is 22.1. The van der Waals surface area contributed by atoms with Crippen LogP contribution in [-0.2, 0) is 16.1 Å². The Morgan fingerprint density at radius 1 is 0.968 bits per heavy atom. The molecule has 0 bridgehead atoms. The quantitative estimate of drug-likeness (QED) is 0.504. The predicted octanol–water partition coefficient (Wildman–Crippen LogP) is 3.46. The largest absolute Gasteiger partial charge is 0.506 e. The van der Waals surface area contributed by atoms with Crippen molar-refractivity contribution in [1.82, 2.24) is 14.8 Å². The van der Waals surface area contributed by atoms with Gasteiger partial charge in [0, 0.05) is 11.4 Å². The van der Waals surface area contributed by atoms with Gasteiger partial charge in [0.15, 0.2) is 0 Å². The molecule has 156 valence electrons. The maximum atomic E-state index is 13.0. The Hall–Kier alpha value is -4.13. The number of urea groups is 1. The van der Waals surface area contributed by atoms with E-state index in [9.17, 15) is 19.5 Å². The van der Waals surface area contributed by atoms with Crippen LogP contribution in [0, 0.1) is 13.8 Å². The maximum absolute atomic E-state index is 13.0. The zero-order valence-electron chi connectivity index (χ0n) is 17.1. The highest BCUT2D eigenvalue weighted by Gasteiger charge is 2.36. The molecule has 0 spiro atoms. The number of benzene rings is 2. The van der Waals surface area contributed by atoms with Gasteiger partial charge in [0.1, 0.15) is 11.3 Å². The Bertz CT molecular complexity index is 1220. The summed E-state index contributed by atoms with van der Waals surface area (Å²) < 4.78 is 1.85. The van der Waals surface area contributed by atoms with E-state index in [0.29, 0.717) is 11.3 Å². The molecule has 0 saturated carbocycles. The number of aryl methyl sites for hydroxylation is 1. The van der Waals surface area contributed by atoms with Crippen LogP contribution in [0.1, 0.15) is 22.5 Å². The Labute approximate surface area is 179 Å². The first-order valence-corrected chi connectivity index (χ1v) is 9.77. The van der Waals surface area contributed by atoms with E-state index < -0.39 is 17.8 Å². The molecular weight excluding hydrogens is 394 g/mol. The molecule has 7 nitrogen and oxygen atoms in total. The van der Waals surface area contributed by atoms with Crippen LogP contribution in [0.2, 0.25) is 0 Å². The standard InChI is InChI=1S/C24H21N3O4/c1-15-12-18(16(2)27(15)20-10-6-7-11-21(20)28)13-19-22(29)25-24(31)26(23(19)30)14-17-8-4-3-5-9-17/h3-13,28H,14H2,1-2H3,(H,25,29,31)/b19-13+. The first-order valence-electron chi connectivity index (χ1n) is 9.77. The smallest absolute Gasteiger partial charge is 0.331 e. The number of hydrogen-bond donors (Lipinski definition) is 2. The summed E-state index contributed by atoms with van der Waals surface area (Å²) in [5, 5.41) is 12.5. The number of phenols is 1. The van der Waals surface area contributed by atoms with Crippen LogP contribution in [0.4, 0.5) is 4.79 Å². The van der Waals surface area contributed by atoms with E-state index in [4.69, 9.17) is 0 Å². The van der Waals surface area contributed by atoms with E-state index in [1.165, 1.54) is 6.08 Å². The van der Waals surface area contributed by atoms with E-state index >= 15 is 0 Å². The fourth-order valence-electron chi connectivity index (χ4n) is 3.72. The third-order valence-corrected chi connectivity index (χ3v) is 5.26. The van der Waals surface area contributed by atoms with E-state index in [-0.39, 0.29) is 17.9 Å². The van der Waals surface area contributed by atoms with Crippen LogP contribution < -0.4 is 5.32 Å². The van der Waals surface area contributed by atoms with Crippen molar-refractivity contribution in [3.05, 3.63) is 88.8 Å². The first-order chi connectivity index (χ1) is 14.9. The summed E-state index contributed by atoms with van der Waals surface area (Å²) in [6.07, 6.45) is 1.49. The van der Waals surface area contributed by atoms with Gasteiger partial charge in [-0.2, -0.15) is 0 Å². The molecule has 3 aromatic rings. The van der Waals surface area contributed by atoms with E-state index in [2.05, 4.69) is 5.32 Å². The van der Waals surface area contributed by atoms with Gasteiger partial charge in [-0.15, -0.1) is 0 Å². The summed E-state index contributed by atoms with van der Waals surface area (Å²) in [4.78, 5) is 38.8. The number of nitrogens with zero attached hydrogens (tertiary/aromatic N) is 2. The van der Waals surface area contributed by atoms with Crippen LogP contribution in [0.5, 0.6) is 5.75 Å². The van der Waals surface area contributed by atoms with Gasteiger partial charge < -0.3 is 9.67 Å². The van der Waals surface area contributed by atoms with Gasteiger partial charge in [0.05, 0.1) is 12.2 Å². The molecule has 1 aliphatic heterocycles. The van der Waals surface area contributed by atoms with Gasteiger partial charge in [-0.1, -0.05) is 42.5 Å². The Balaban J connectivity index is 1.72. The van der Waals surface area contributed by atoms with E-state index in [0.717, 1.165) is 21.9 Å². The molecule has 1 fully saturated rings. The number of carbonyl (C=O) groups excluding carboxylic acids is 3. The molecule has 0 radical (unpaired) electrons. The number of carbonyl (C=O) groups is 3. The first kappa shape index (κ1) is 20.2. The maximum Gasteiger partial charge on any atom is 0.331 e. The molecule has 0 atom stereocenters. The van der Waals surface area contributed by atoms with E-state index in [1.54, 1.807) is 30.3 Å². The summed E-state index contributed by atoms with van der Waals surface area (Å²) in [6, 6.07) is 17.1. The Morgan fingerprint density at radius 3 is 2.35 bits per heavy atom. The minimum atomic E-state index is -0.740. The molecular formula is C24H21N3O4. The van der Waals surface area contributed by atoms with Gasteiger partial charge in [0.2, 0.25) is 0 Å². The highest BCUT2D eigenvalue weighted by Crippen LogP contribution is 2.28. The molecule has 1 saturated heterocycles. The van der Waals surface area contributed by atoms with Crippen molar-refractivity contribution in [3.63, 3.8) is 0 Å². The van der Waals surface area contributed by atoms with Gasteiger partial charge in [0.25, 0.3) is 11.8 Å². The second-order valence-electron chi connectivity index (χ2n) is 7.34. The van der Waals surface area contributed by atoms with Gasteiger partial charge in [-0.3, -0.25) is 19.8 Å². The molecule has 0 unspecified atom stereocenters. The van der Waals surface area contributed by atoms with Crippen molar-refractivity contribution in [3.8, 4) is 11.4 Å². The van der Waals surface area contributed by atoms with Gasteiger partial charge >= 0.3 is 6.03 Å².